The average molecular weight is 498 g/mol. The molecule has 0 saturated heterocycles. The van der Waals surface area contributed by atoms with Crippen molar-refractivity contribution in [2.75, 3.05) is 4.90 Å². The van der Waals surface area contributed by atoms with Gasteiger partial charge < -0.3 is 10.1 Å². The lowest BCUT2D eigenvalue weighted by Gasteiger charge is -2.22. The van der Waals surface area contributed by atoms with Gasteiger partial charge in [0.05, 0.1) is 22.1 Å². The molecule has 2 heterocycles. The second kappa shape index (κ2) is 9.16. The first kappa shape index (κ1) is 22.9. The van der Waals surface area contributed by atoms with Gasteiger partial charge in [-0.2, -0.15) is 5.10 Å². The minimum atomic E-state index is -1.03. The number of aromatic amines is 2. The lowest BCUT2D eigenvalue weighted by molar-refractivity contribution is 0.198. The summed E-state index contributed by atoms with van der Waals surface area (Å²) in [6, 6.07) is 17.4. The Balaban J connectivity index is 1.35. The van der Waals surface area contributed by atoms with Crippen LogP contribution in [0.1, 0.15) is 36.9 Å². The summed E-state index contributed by atoms with van der Waals surface area (Å²) in [5.41, 5.74) is 3.57. The smallest absolute Gasteiger partial charge is 0.414 e. The van der Waals surface area contributed by atoms with Crippen molar-refractivity contribution in [1.29, 1.82) is 0 Å². The first-order valence-corrected chi connectivity index (χ1v) is 12.2. The van der Waals surface area contributed by atoms with E-state index in [2.05, 4.69) is 20.2 Å². The van der Waals surface area contributed by atoms with Gasteiger partial charge in [0.25, 0.3) is 5.56 Å². The van der Waals surface area contributed by atoms with E-state index >= 15 is 0 Å². The van der Waals surface area contributed by atoms with Crippen LogP contribution in [-0.4, -0.2) is 37.4 Å². The normalized spacial score (nSPS) is 14.0. The second-order valence-corrected chi connectivity index (χ2v) is 9.42. The fourth-order valence-corrected chi connectivity index (χ4v) is 5.26. The Morgan fingerprint density at radius 1 is 1.05 bits per heavy atom. The zero-order chi connectivity index (χ0) is 25.5. The molecule has 0 spiro atoms. The van der Waals surface area contributed by atoms with Crippen molar-refractivity contribution in [3.8, 4) is 11.1 Å². The van der Waals surface area contributed by atoms with Gasteiger partial charge in [-0.15, -0.1) is 0 Å². The summed E-state index contributed by atoms with van der Waals surface area (Å²) >= 11 is 0. The Hall–Kier alpha value is -4.53. The van der Waals surface area contributed by atoms with Crippen molar-refractivity contribution in [3.05, 3.63) is 88.1 Å². The monoisotopic (exact) mass is 497 g/mol. The molecule has 1 aliphatic rings. The number of anilines is 1. The molecule has 37 heavy (non-hydrogen) atoms. The van der Waals surface area contributed by atoms with Gasteiger partial charge in [0.15, 0.2) is 0 Å². The van der Waals surface area contributed by atoms with Crippen LogP contribution in [-0.2, 0) is 6.42 Å². The molecule has 0 atom stereocenters. The van der Waals surface area contributed by atoms with E-state index in [-0.39, 0.29) is 23.4 Å². The van der Waals surface area contributed by atoms with Crippen molar-refractivity contribution in [1.82, 2.24) is 20.2 Å². The van der Waals surface area contributed by atoms with E-state index in [1.54, 1.807) is 42.5 Å². The van der Waals surface area contributed by atoms with Gasteiger partial charge in [0.1, 0.15) is 5.82 Å². The van der Waals surface area contributed by atoms with Gasteiger partial charge in [-0.25, -0.2) is 24.2 Å². The first-order valence-electron chi connectivity index (χ1n) is 12.2. The van der Waals surface area contributed by atoms with Crippen LogP contribution in [0.25, 0.3) is 32.9 Å². The molecule has 8 nitrogen and oxygen atoms in total. The number of nitrogens with one attached hydrogen (secondary N) is 2. The van der Waals surface area contributed by atoms with E-state index < -0.39 is 6.09 Å². The molecule has 1 aliphatic carbocycles. The van der Waals surface area contributed by atoms with E-state index in [9.17, 15) is 19.1 Å². The largest absolute Gasteiger partial charge is 0.465 e. The maximum Gasteiger partial charge on any atom is 0.414 e. The highest BCUT2D eigenvalue weighted by Gasteiger charge is 2.30. The minimum absolute atomic E-state index is 0.0933. The number of H-pyrrole nitrogens is 2. The summed E-state index contributed by atoms with van der Waals surface area (Å²) in [6.45, 7) is 0. The molecule has 3 N–H and O–H groups in total. The Morgan fingerprint density at radius 3 is 2.62 bits per heavy atom. The number of fused-ring (bicyclic) bond motifs is 2. The highest BCUT2D eigenvalue weighted by molar-refractivity contribution is 5.89. The van der Waals surface area contributed by atoms with Gasteiger partial charge in [-0.1, -0.05) is 43.2 Å². The number of carboxylic acid groups (broad SMARTS) is 1. The number of hydrogen-bond donors (Lipinski definition) is 3. The van der Waals surface area contributed by atoms with Crippen molar-refractivity contribution in [2.45, 2.75) is 38.1 Å². The van der Waals surface area contributed by atoms with Crippen LogP contribution in [0.4, 0.5) is 15.1 Å². The van der Waals surface area contributed by atoms with Crippen LogP contribution in [0, 0.1) is 5.82 Å². The van der Waals surface area contributed by atoms with E-state index in [0.29, 0.717) is 39.7 Å². The molecule has 0 unspecified atom stereocenters. The predicted octanol–water partition coefficient (Wildman–Crippen LogP) is 5.62. The zero-order valence-electron chi connectivity index (χ0n) is 19.9. The number of rotatable bonds is 5. The van der Waals surface area contributed by atoms with Crippen LogP contribution >= 0.6 is 0 Å². The first-order chi connectivity index (χ1) is 18.0. The van der Waals surface area contributed by atoms with E-state index in [4.69, 9.17) is 0 Å². The van der Waals surface area contributed by atoms with Crippen LogP contribution in [0.5, 0.6) is 0 Å². The molecule has 5 aromatic rings. The highest BCUT2D eigenvalue weighted by Crippen LogP contribution is 2.31. The SMILES string of the molecule is O=C(O)N(c1nc2cc(-c3cc(Cc4n[nH]c(=O)c5ccccc45)ccc3F)ccc2[nH]1)C1CCCC1. The molecule has 1 saturated carbocycles. The van der Waals surface area contributed by atoms with Crippen LogP contribution < -0.4 is 10.5 Å². The van der Waals surface area contributed by atoms with Gasteiger partial charge >= 0.3 is 6.09 Å². The number of nitrogens with zero attached hydrogens (tertiary/aromatic N) is 3. The summed E-state index contributed by atoms with van der Waals surface area (Å²) in [5, 5.41) is 17.9. The Kier molecular flexibility index (Phi) is 5.67. The van der Waals surface area contributed by atoms with Crippen molar-refractivity contribution < 1.29 is 14.3 Å². The second-order valence-electron chi connectivity index (χ2n) is 9.42. The Morgan fingerprint density at radius 2 is 1.84 bits per heavy atom. The topological polar surface area (TPSA) is 115 Å². The van der Waals surface area contributed by atoms with Crippen LogP contribution in [0.2, 0.25) is 0 Å². The van der Waals surface area contributed by atoms with Crippen molar-refractivity contribution >= 4 is 33.8 Å². The number of aromatic nitrogens is 4. The Labute approximate surface area is 210 Å². The number of halogens is 1. The van der Waals surface area contributed by atoms with E-state index in [0.717, 1.165) is 36.6 Å². The van der Waals surface area contributed by atoms with Crippen LogP contribution in [0.15, 0.2) is 65.5 Å². The molecule has 6 rings (SSSR count). The van der Waals surface area contributed by atoms with Gasteiger partial charge in [0, 0.05) is 23.4 Å². The molecule has 0 aliphatic heterocycles. The van der Waals surface area contributed by atoms with E-state index in [1.807, 2.05) is 12.1 Å². The molecular formula is C28H24FN5O3. The number of hydrogen-bond acceptors (Lipinski definition) is 4. The fourth-order valence-electron chi connectivity index (χ4n) is 5.26. The third kappa shape index (κ3) is 4.22. The maximum atomic E-state index is 15.0. The number of benzene rings is 3. The summed E-state index contributed by atoms with van der Waals surface area (Å²) in [6.07, 6.45) is 3.00. The number of imidazole rings is 1. The summed E-state index contributed by atoms with van der Waals surface area (Å²) in [7, 11) is 0. The lowest BCUT2D eigenvalue weighted by atomic mass is 9.98. The third-order valence-corrected chi connectivity index (χ3v) is 7.08. The van der Waals surface area contributed by atoms with Gasteiger partial charge in [0.2, 0.25) is 5.95 Å². The predicted molar refractivity (Wildman–Crippen MR) is 139 cm³/mol. The molecule has 1 fully saturated rings. The molecule has 1 amide bonds. The fraction of sp³-hybridized carbons (Fsp3) is 0.214. The maximum absolute atomic E-state index is 15.0. The molecule has 2 aromatic heterocycles. The lowest BCUT2D eigenvalue weighted by Crippen LogP contribution is -2.38. The zero-order valence-corrected chi connectivity index (χ0v) is 19.9. The molecule has 186 valence electrons. The van der Waals surface area contributed by atoms with Gasteiger partial charge in [-0.05, 0) is 54.3 Å². The molecule has 0 bridgehead atoms. The quantitative estimate of drug-likeness (QED) is 0.291. The van der Waals surface area contributed by atoms with E-state index in [1.165, 1.54) is 11.0 Å². The standard InChI is InChI=1S/C28H24FN5O3/c29-22-11-9-16(14-24-19-7-3-4-8-20(19)26(35)33-32-24)13-21(22)17-10-12-23-25(15-17)31-27(30-23)34(28(36)37)18-5-1-2-6-18/h3-4,7-13,15,18H,1-2,5-6,14H2,(H,30,31)(H,33,35)(H,36,37). The average Bonchev–Trinajstić information content (AvgIpc) is 3.57. The van der Waals surface area contributed by atoms with Gasteiger partial charge in [-0.3, -0.25) is 4.79 Å². The number of carbonyl (C=O) groups is 1. The Bertz CT molecular complexity index is 1700. The van der Waals surface area contributed by atoms with Crippen LogP contribution in [0.3, 0.4) is 0 Å². The summed E-state index contributed by atoms with van der Waals surface area (Å²) in [4.78, 5) is 33.1. The highest BCUT2D eigenvalue weighted by atomic mass is 19.1. The molecule has 9 heteroatoms. The molecular weight excluding hydrogens is 473 g/mol. The summed E-state index contributed by atoms with van der Waals surface area (Å²) < 4.78 is 15.0. The summed E-state index contributed by atoms with van der Waals surface area (Å²) in [5.74, 6) is -0.0898. The van der Waals surface area contributed by atoms with Crippen molar-refractivity contribution in [3.63, 3.8) is 0 Å². The molecule has 0 radical (unpaired) electrons. The molecule has 3 aromatic carbocycles. The number of amides is 1. The van der Waals surface area contributed by atoms with Crippen molar-refractivity contribution in [2.24, 2.45) is 0 Å². The third-order valence-electron chi connectivity index (χ3n) is 7.08. The minimum Gasteiger partial charge on any atom is -0.465 e.